The van der Waals surface area contributed by atoms with E-state index in [2.05, 4.69) is 0 Å². The van der Waals surface area contributed by atoms with Crippen LogP contribution in [-0.2, 0) is 13.0 Å². The summed E-state index contributed by atoms with van der Waals surface area (Å²) in [5.41, 5.74) is 7.36. The van der Waals surface area contributed by atoms with Gasteiger partial charge in [-0.15, -0.1) is 0 Å². The van der Waals surface area contributed by atoms with Gasteiger partial charge in [-0.1, -0.05) is 12.1 Å². The Kier molecular flexibility index (Phi) is 4.58. The summed E-state index contributed by atoms with van der Waals surface area (Å²) in [6.45, 7) is 2.18. The number of nitrogens with two attached hydrogens (primary N) is 1. The molecule has 0 saturated carbocycles. The lowest BCUT2D eigenvalue weighted by Gasteiger charge is -2.13. The van der Waals surface area contributed by atoms with Crippen molar-refractivity contribution in [1.82, 2.24) is 0 Å². The first-order valence-corrected chi connectivity index (χ1v) is 6.49. The molecule has 20 heavy (non-hydrogen) atoms. The number of hydrogen-bond acceptors (Lipinski definition) is 3. The predicted octanol–water partition coefficient (Wildman–Crippen LogP) is 3.00. The highest BCUT2D eigenvalue weighted by molar-refractivity contribution is 5.35. The van der Waals surface area contributed by atoms with Gasteiger partial charge in [-0.05, 0) is 54.8 Å². The topological polar surface area (TPSA) is 55.5 Å². The maximum Gasteiger partial charge on any atom is 0.123 e. The molecular formula is C16H18FNO2. The molecule has 0 fully saturated rings. The molecule has 0 saturated heterocycles. The lowest BCUT2D eigenvalue weighted by atomic mass is 10.1. The van der Waals surface area contributed by atoms with Crippen LogP contribution in [-0.4, -0.2) is 11.1 Å². The van der Waals surface area contributed by atoms with Crippen LogP contribution in [0.4, 0.5) is 4.39 Å². The van der Waals surface area contributed by atoms with E-state index < -0.39 is 0 Å². The van der Waals surface area contributed by atoms with Crippen LogP contribution in [0.2, 0.25) is 0 Å². The zero-order chi connectivity index (χ0) is 14.5. The summed E-state index contributed by atoms with van der Waals surface area (Å²) in [6.07, 6.45) is 0.549. The molecule has 3 N–H and O–H groups in total. The van der Waals surface area contributed by atoms with Gasteiger partial charge in [0, 0.05) is 6.04 Å². The van der Waals surface area contributed by atoms with Crippen LogP contribution in [0, 0.1) is 5.82 Å². The summed E-state index contributed by atoms with van der Waals surface area (Å²) in [5, 5.41) is 9.40. The fourth-order valence-electron chi connectivity index (χ4n) is 2.00. The molecule has 0 aliphatic heterocycles. The largest absolute Gasteiger partial charge is 0.508 e. The number of rotatable bonds is 5. The number of halogens is 1. The van der Waals surface area contributed by atoms with Gasteiger partial charge in [0.2, 0.25) is 0 Å². The van der Waals surface area contributed by atoms with Gasteiger partial charge in [0.1, 0.15) is 23.9 Å². The van der Waals surface area contributed by atoms with E-state index in [9.17, 15) is 9.50 Å². The Labute approximate surface area is 117 Å². The van der Waals surface area contributed by atoms with Crippen molar-refractivity contribution in [3.8, 4) is 11.5 Å². The van der Waals surface area contributed by atoms with E-state index in [1.165, 1.54) is 12.1 Å². The highest BCUT2D eigenvalue weighted by Crippen LogP contribution is 2.23. The van der Waals surface area contributed by atoms with Crippen LogP contribution in [0.1, 0.15) is 18.1 Å². The third-order valence-electron chi connectivity index (χ3n) is 2.87. The van der Waals surface area contributed by atoms with Gasteiger partial charge in [0.15, 0.2) is 0 Å². The zero-order valence-corrected chi connectivity index (χ0v) is 11.3. The summed E-state index contributed by atoms with van der Waals surface area (Å²) in [7, 11) is 0. The molecular weight excluding hydrogens is 257 g/mol. The molecule has 2 aromatic carbocycles. The molecule has 1 unspecified atom stereocenters. The maximum atomic E-state index is 13.3. The Morgan fingerprint density at radius 1 is 1.25 bits per heavy atom. The van der Waals surface area contributed by atoms with Crippen LogP contribution in [0.25, 0.3) is 0 Å². The van der Waals surface area contributed by atoms with E-state index in [1.807, 2.05) is 13.0 Å². The van der Waals surface area contributed by atoms with Crippen LogP contribution < -0.4 is 10.5 Å². The second-order valence-corrected chi connectivity index (χ2v) is 4.89. The Morgan fingerprint density at radius 3 is 2.75 bits per heavy atom. The normalized spacial score (nSPS) is 12.2. The van der Waals surface area contributed by atoms with Crippen LogP contribution >= 0.6 is 0 Å². The first-order chi connectivity index (χ1) is 9.54. The van der Waals surface area contributed by atoms with E-state index in [-0.39, 0.29) is 17.6 Å². The Morgan fingerprint density at radius 2 is 2.05 bits per heavy atom. The van der Waals surface area contributed by atoms with Crippen molar-refractivity contribution in [2.45, 2.75) is 26.0 Å². The molecule has 3 nitrogen and oxygen atoms in total. The molecule has 0 amide bonds. The third-order valence-corrected chi connectivity index (χ3v) is 2.87. The number of phenols is 1. The average Bonchev–Trinajstić information content (AvgIpc) is 2.37. The van der Waals surface area contributed by atoms with E-state index in [0.717, 1.165) is 11.1 Å². The monoisotopic (exact) mass is 275 g/mol. The van der Waals surface area contributed by atoms with Gasteiger partial charge in [0.25, 0.3) is 0 Å². The number of phenolic OH excluding ortho intramolecular Hbond substituents is 1. The first-order valence-electron chi connectivity index (χ1n) is 6.49. The maximum absolute atomic E-state index is 13.3. The number of ether oxygens (including phenoxy) is 1. The second-order valence-electron chi connectivity index (χ2n) is 4.89. The van der Waals surface area contributed by atoms with Crippen LogP contribution in [0.15, 0.2) is 42.5 Å². The molecule has 0 spiro atoms. The average molecular weight is 275 g/mol. The Balaban J connectivity index is 2.12. The van der Waals surface area contributed by atoms with Crippen molar-refractivity contribution in [1.29, 1.82) is 0 Å². The molecule has 0 radical (unpaired) electrons. The summed E-state index contributed by atoms with van der Waals surface area (Å²) in [6, 6.07) is 11.2. The highest BCUT2D eigenvalue weighted by atomic mass is 19.1. The Hall–Kier alpha value is -2.07. The first kappa shape index (κ1) is 14.3. The molecule has 0 aromatic heterocycles. The quantitative estimate of drug-likeness (QED) is 0.882. The van der Waals surface area contributed by atoms with Crippen LogP contribution in [0.3, 0.4) is 0 Å². The van der Waals surface area contributed by atoms with Gasteiger partial charge in [0.05, 0.1) is 0 Å². The van der Waals surface area contributed by atoms with Gasteiger partial charge in [-0.2, -0.15) is 0 Å². The Bertz CT molecular complexity index is 584. The van der Waals surface area contributed by atoms with Crippen molar-refractivity contribution < 1.29 is 14.2 Å². The van der Waals surface area contributed by atoms with E-state index in [0.29, 0.717) is 18.8 Å². The molecule has 1 atom stereocenters. The molecule has 0 aliphatic rings. The minimum Gasteiger partial charge on any atom is -0.508 e. The molecule has 2 aromatic rings. The van der Waals surface area contributed by atoms with E-state index in [4.69, 9.17) is 10.5 Å². The minimum atomic E-state index is -0.301. The van der Waals surface area contributed by atoms with E-state index >= 15 is 0 Å². The summed E-state index contributed by atoms with van der Waals surface area (Å²) >= 11 is 0. The third kappa shape index (κ3) is 3.96. The summed E-state index contributed by atoms with van der Waals surface area (Å²) in [4.78, 5) is 0. The smallest absolute Gasteiger partial charge is 0.123 e. The number of benzene rings is 2. The van der Waals surface area contributed by atoms with Crippen molar-refractivity contribution in [3.63, 3.8) is 0 Å². The highest BCUT2D eigenvalue weighted by Gasteiger charge is 2.08. The second kappa shape index (κ2) is 6.39. The molecule has 0 bridgehead atoms. The molecule has 0 aliphatic carbocycles. The molecule has 2 rings (SSSR count). The standard InChI is InChI=1S/C16H18FNO2/c1-11(18)7-13-9-14(17)5-6-16(13)20-10-12-3-2-4-15(19)8-12/h2-6,8-9,11,19H,7,10,18H2,1H3. The van der Waals surface area contributed by atoms with E-state index in [1.54, 1.807) is 24.3 Å². The fraction of sp³-hybridized carbons (Fsp3) is 0.250. The SMILES string of the molecule is CC(N)Cc1cc(F)ccc1OCc1cccc(O)c1. The minimum absolute atomic E-state index is 0.0695. The number of hydrogen-bond donors (Lipinski definition) is 2. The van der Waals surface area contributed by atoms with Gasteiger partial charge in [-0.25, -0.2) is 4.39 Å². The molecule has 0 heterocycles. The zero-order valence-electron chi connectivity index (χ0n) is 11.3. The van der Waals surface area contributed by atoms with Crippen molar-refractivity contribution in [3.05, 3.63) is 59.4 Å². The van der Waals surface area contributed by atoms with Crippen molar-refractivity contribution in [2.24, 2.45) is 5.73 Å². The van der Waals surface area contributed by atoms with Gasteiger partial charge in [-0.3, -0.25) is 0 Å². The van der Waals surface area contributed by atoms with Gasteiger partial charge >= 0.3 is 0 Å². The molecule has 4 heteroatoms. The fourth-order valence-corrected chi connectivity index (χ4v) is 2.00. The van der Waals surface area contributed by atoms with Crippen molar-refractivity contribution in [2.75, 3.05) is 0 Å². The van der Waals surface area contributed by atoms with Gasteiger partial charge < -0.3 is 15.6 Å². The van der Waals surface area contributed by atoms with Crippen LogP contribution in [0.5, 0.6) is 11.5 Å². The molecule has 106 valence electrons. The van der Waals surface area contributed by atoms with Crippen molar-refractivity contribution >= 4 is 0 Å². The lowest BCUT2D eigenvalue weighted by molar-refractivity contribution is 0.301. The summed E-state index contributed by atoms with van der Waals surface area (Å²) < 4.78 is 19.0. The number of aromatic hydroxyl groups is 1. The summed E-state index contributed by atoms with van der Waals surface area (Å²) in [5.74, 6) is 0.512. The predicted molar refractivity (Wildman–Crippen MR) is 76.2 cm³/mol. The lowest BCUT2D eigenvalue weighted by Crippen LogP contribution is -2.18.